The Morgan fingerprint density at radius 2 is 2.06 bits per heavy atom. The van der Waals surface area contributed by atoms with E-state index in [1.54, 1.807) is 19.4 Å². The number of furan rings is 1. The summed E-state index contributed by atoms with van der Waals surface area (Å²) in [5.41, 5.74) is 2.58. The van der Waals surface area contributed by atoms with Crippen LogP contribution in [-0.2, 0) is 0 Å². The maximum absolute atomic E-state index is 10.1. The number of ether oxygens (including phenoxy) is 1. The Morgan fingerprint density at radius 3 is 2.69 bits per heavy atom. The molecule has 2 rings (SSSR count). The summed E-state index contributed by atoms with van der Waals surface area (Å²) >= 11 is 0. The van der Waals surface area contributed by atoms with Crippen LogP contribution in [0.2, 0.25) is 0 Å². The normalized spacial score (nSPS) is 12.4. The summed E-state index contributed by atoms with van der Waals surface area (Å²) < 4.78 is 10.2. The van der Waals surface area contributed by atoms with Gasteiger partial charge in [-0.25, -0.2) is 0 Å². The van der Waals surface area contributed by atoms with E-state index in [2.05, 4.69) is 0 Å². The first-order valence-electron chi connectivity index (χ1n) is 5.07. The van der Waals surface area contributed by atoms with Crippen molar-refractivity contribution in [2.24, 2.45) is 0 Å². The number of hydrogen-bond acceptors (Lipinski definition) is 3. The average molecular weight is 218 g/mol. The molecule has 0 amide bonds. The third kappa shape index (κ3) is 1.95. The van der Waals surface area contributed by atoms with Gasteiger partial charge in [0.1, 0.15) is 11.9 Å². The zero-order chi connectivity index (χ0) is 11.5. The quantitative estimate of drug-likeness (QED) is 0.861. The standard InChI is InChI=1S/C13H14O3/c1-9-3-4-10(7-12(9)15-2)13(14)11-5-6-16-8-11/h3-8,13-14H,1-2H3. The van der Waals surface area contributed by atoms with E-state index in [0.717, 1.165) is 22.4 Å². The molecule has 0 spiro atoms. The molecular weight excluding hydrogens is 204 g/mol. The second kappa shape index (κ2) is 4.41. The molecule has 16 heavy (non-hydrogen) atoms. The van der Waals surface area contributed by atoms with Crippen molar-refractivity contribution in [3.05, 3.63) is 53.5 Å². The van der Waals surface area contributed by atoms with Crippen LogP contribution in [-0.4, -0.2) is 12.2 Å². The Kier molecular flexibility index (Phi) is 2.97. The number of hydrogen-bond donors (Lipinski definition) is 1. The number of aliphatic hydroxyl groups excluding tert-OH is 1. The van der Waals surface area contributed by atoms with Crippen LogP contribution < -0.4 is 4.74 Å². The van der Waals surface area contributed by atoms with Crippen molar-refractivity contribution >= 4 is 0 Å². The SMILES string of the molecule is COc1cc(C(O)c2ccoc2)ccc1C. The molecule has 1 aromatic carbocycles. The third-order valence-corrected chi connectivity index (χ3v) is 2.61. The first-order chi connectivity index (χ1) is 7.72. The van der Waals surface area contributed by atoms with Gasteiger partial charge in [-0.15, -0.1) is 0 Å². The van der Waals surface area contributed by atoms with Crippen LogP contribution in [0.1, 0.15) is 22.8 Å². The Bertz CT molecular complexity index is 460. The average Bonchev–Trinajstić information content (AvgIpc) is 2.82. The van der Waals surface area contributed by atoms with Gasteiger partial charge < -0.3 is 14.3 Å². The summed E-state index contributed by atoms with van der Waals surface area (Å²) in [6.07, 6.45) is 2.41. The Labute approximate surface area is 94.3 Å². The summed E-state index contributed by atoms with van der Waals surface area (Å²) in [5, 5.41) is 10.1. The van der Waals surface area contributed by atoms with Crippen molar-refractivity contribution in [2.45, 2.75) is 13.0 Å². The molecule has 0 saturated carbocycles. The van der Waals surface area contributed by atoms with E-state index in [1.807, 2.05) is 25.1 Å². The lowest BCUT2D eigenvalue weighted by atomic mass is 10.0. The number of aryl methyl sites for hydroxylation is 1. The molecule has 3 heteroatoms. The van der Waals surface area contributed by atoms with Crippen LogP contribution in [0.15, 0.2) is 41.2 Å². The molecule has 1 N–H and O–H groups in total. The topological polar surface area (TPSA) is 42.6 Å². The molecule has 0 fully saturated rings. The number of methoxy groups -OCH3 is 1. The van der Waals surface area contributed by atoms with E-state index in [4.69, 9.17) is 9.15 Å². The molecule has 0 bridgehead atoms. The van der Waals surface area contributed by atoms with Gasteiger partial charge in [0.05, 0.1) is 19.6 Å². The lowest BCUT2D eigenvalue weighted by molar-refractivity contribution is 0.218. The third-order valence-electron chi connectivity index (χ3n) is 2.61. The Hall–Kier alpha value is -1.74. The van der Waals surface area contributed by atoms with E-state index in [1.165, 1.54) is 6.26 Å². The molecule has 0 radical (unpaired) electrons. The molecule has 2 aromatic rings. The highest BCUT2D eigenvalue weighted by molar-refractivity contribution is 5.39. The monoisotopic (exact) mass is 218 g/mol. The van der Waals surface area contributed by atoms with Gasteiger partial charge in [-0.3, -0.25) is 0 Å². The van der Waals surface area contributed by atoms with Crippen LogP contribution in [0.5, 0.6) is 5.75 Å². The van der Waals surface area contributed by atoms with Crippen LogP contribution in [0.3, 0.4) is 0 Å². The first kappa shape index (κ1) is 10.8. The van der Waals surface area contributed by atoms with E-state index in [9.17, 15) is 5.11 Å². The summed E-state index contributed by atoms with van der Waals surface area (Å²) in [4.78, 5) is 0. The molecule has 0 aliphatic rings. The van der Waals surface area contributed by atoms with Crippen LogP contribution in [0.25, 0.3) is 0 Å². The minimum absolute atomic E-state index is 0.673. The summed E-state index contributed by atoms with van der Waals surface area (Å²) in [7, 11) is 1.62. The van der Waals surface area contributed by atoms with E-state index >= 15 is 0 Å². The fourth-order valence-corrected chi connectivity index (χ4v) is 1.63. The van der Waals surface area contributed by atoms with Crippen LogP contribution >= 0.6 is 0 Å². The summed E-state index contributed by atoms with van der Waals surface area (Å²) in [6.45, 7) is 1.97. The molecule has 3 nitrogen and oxygen atoms in total. The minimum atomic E-state index is -0.673. The molecule has 1 aromatic heterocycles. The fraction of sp³-hybridized carbons (Fsp3) is 0.231. The highest BCUT2D eigenvalue weighted by Gasteiger charge is 2.12. The molecule has 0 aliphatic heterocycles. The van der Waals surface area contributed by atoms with Crippen LogP contribution in [0.4, 0.5) is 0 Å². The van der Waals surface area contributed by atoms with Gasteiger partial charge >= 0.3 is 0 Å². The van der Waals surface area contributed by atoms with Crippen molar-refractivity contribution in [1.82, 2.24) is 0 Å². The predicted molar refractivity (Wildman–Crippen MR) is 60.5 cm³/mol. The van der Waals surface area contributed by atoms with Crippen molar-refractivity contribution < 1.29 is 14.3 Å². The van der Waals surface area contributed by atoms with Crippen LogP contribution in [0, 0.1) is 6.92 Å². The summed E-state index contributed by atoms with van der Waals surface area (Å²) in [6, 6.07) is 7.40. The molecule has 0 saturated heterocycles. The zero-order valence-electron chi connectivity index (χ0n) is 9.31. The lowest BCUT2D eigenvalue weighted by Gasteiger charge is -2.11. The summed E-state index contributed by atoms with van der Waals surface area (Å²) in [5.74, 6) is 0.778. The fourth-order valence-electron chi connectivity index (χ4n) is 1.63. The molecule has 1 atom stereocenters. The van der Waals surface area contributed by atoms with Crippen molar-refractivity contribution in [3.8, 4) is 5.75 Å². The van der Waals surface area contributed by atoms with Gasteiger partial charge in [0.15, 0.2) is 0 Å². The zero-order valence-corrected chi connectivity index (χ0v) is 9.31. The predicted octanol–water partition coefficient (Wildman–Crippen LogP) is 2.68. The van der Waals surface area contributed by atoms with Gasteiger partial charge in [0.2, 0.25) is 0 Å². The maximum atomic E-state index is 10.1. The number of benzene rings is 1. The first-order valence-corrected chi connectivity index (χ1v) is 5.07. The van der Waals surface area contributed by atoms with Crippen molar-refractivity contribution in [3.63, 3.8) is 0 Å². The highest BCUT2D eigenvalue weighted by atomic mass is 16.5. The molecule has 0 aliphatic carbocycles. The Balaban J connectivity index is 2.34. The highest BCUT2D eigenvalue weighted by Crippen LogP contribution is 2.27. The van der Waals surface area contributed by atoms with Gasteiger partial charge in [0.25, 0.3) is 0 Å². The van der Waals surface area contributed by atoms with E-state index in [0.29, 0.717) is 0 Å². The molecule has 1 unspecified atom stereocenters. The van der Waals surface area contributed by atoms with Gasteiger partial charge in [-0.1, -0.05) is 12.1 Å². The lowest BCUT2D eigenvalue weighted by Crippen LogP contribution is -1.99. The largest absolute Gasteiger partial charge is 0.496 e. The van der Waals surface area contributed by atoms with Crippen molar-refractivity contribution in [2.75, 3.05) is 7.11 Å². The molecule has 84 valence electrons. The number of aliphatic hydroxyl groups is 1. The maximum Gasteiger partial charge on any atom is 0.122 e. The molecule has 1 heterocycles. The molecular formula is C13H14O3. The van der Waals surface area contributed by atoms with Gasteiger partial charge in [-0.05, 0) is 30.2 Å². The van der Waals surface area contributed by atoms with E-state index in [-0.39, 0.29) is 0 Å². The van der Waals surface area contributed by atoms with Gasteiger partial charge in [0, 0.05) is 5.56 Å². The van der Waals surface area contributed by atoms with E-state index < -0.39 is 6.10 Å². The smallest absolute Gasteiger partial charge is 0.122 e. The minimum Gasteiger partial charge on any atom is -0.496 e. The number of rotatable bonds is 3. The second-order valence-electron chi connectivity index (χ2n) is 3.69. The Morgan fingerprint density at radius 1 is 1.25 bits per heavy atom. The van der Waals surface area contributed by atoms with Crippen molar-refractivity contribution in [1.29, 1.82) is 0 Å². The van der Waals surface area contributed by atoms with Gasteiger partial charge in [-0.2, -0.15) is 0 Å². The second-order valence-corrected chi connectivity index (χ2v) is 3.69.